The standard InChI is InChI=1S/C15H17N5O2S/c21-13-15(18-14(22)17-13)6-4-10(5-7-15)16-8-9-2-1-3-11-12(9)20-23-19-11/h1-3,10,16H,4-8H2,(H2,17,18,21,22). The van der Waals surface area contributed by atoms with Crippen molar-refractivity contribution in [3.05, 3.63) is 23.8 Å². The molecule has 23 heavy (non-hydrogen) atoms. The molecule has 2 fully saturated rings. The average Bonchev–Trinajstić information content (AvgIpc) is 3.12. The molecule has 0 atom stereocenters. The second-order valence-electron chi connectivity index (χ2n) is 6.19. The highest BCUT2D eigenvalue weighted by atomic mass is 32.1. The molecule has 3 N–H and O–H groups in total. The molecule has 7 nitrogen and oxygen atoms in total. The fourth-order valence-corrected chi connectivity index (χ4v) is 4.02. The molecule has 4 rings (SSSR count). The van der Waals surface area contributed by atoms with Crippen molar-refractivity contribution in [1.29, 1.82) is 0 Å². The van der Waals surface area contributed by atoms with E-state index in [2.05, 4.69) is 30.8 Å². The zero-order chi connectivity index (χ0) is 15.9. The quantitative estimate of drug-likeness (QED) is 0.737. The van der Waals surface area contributed by atoms with Crippen LogP contribution in [0.5, 0.6) is 0 Å². The molecule has 1 aliphatic carbocycles. The molecule has 1 aromatic carbocycles. The first kappa shape index (κ1) is 14.5. The Labute approximate surface area is 137 Å². The summed E-state index contributed by atoms with van der Waals surface area (Å²) in [7, 11) is 0. The molecular weight excluding hydrogens is 314 g/mol. The summed E-state index contributed by atoms with van der Waals surface area (Å²) in [6, 6.07) is 5.99. The van der Waals surface area contributed by atoms with Crippen LogP contribution >= 0.6 is 11.7 Å². The van der Waals surface area contributed by atoms with Crippen LogP contribution in [0.2, 0.25) is 0 Å². The van der Waals surface area contributed by atoms with Crippen molar-refractivity contribution in [2.45, 2.75) is 43.8 Å². The monoisotopic (exact) mass is 331 g/mol. The predicted octanol–water partition coefficient (Wildman–Crippen LogP) is 1.30. The summed E-state index contributed by atoms with van der Waals surface area (Å²) in [5.41, 5.74) is 2.35. The van der Waals surface area contributed by atoms with Crippen LogP contribution in [0.15, 0.2) is 18.2 Å². The summed E-state index contributed by atoms with van der Waals surface area (Å²) in [4.78, 5) is 23.3. The maximum absolute atomic E-state index is 11.9. The van der Waals surface area contributed by atoms with Gasteiger partial charge in [-0.05, 0) is 37.3 Å². The molecule has 1 saturated heterocycles. The van der Waals surface area contributed by atoms with Gasteiger partial charge in [0.15, 0.2) is 0 Å². The first-order valence-electron chi connectivity index (χ1n) is 7.73. The van der Waals surface area contributed by atoms with Crippen LogP contribution < -0.4 is 16.0 Å². The van der Waals surface area contributed by atoms with Crippen molar-refractivity contribution >= 4 is 34.7 Å². The number of nitrogens with one attached hydrogen (secondary N) is 3. The number of carbonyl (C=O) groups excluding carboxylic acids is 2. The lowest BCUT2D eigenvalue weighted by atomic mass is 9.79. The highest BCUT2D eigenvalue weighted by Crippen LogP contribution is 2.31. The van der Waals surface area contributed by atoms with E-state index in [1.807, 2.05) is 12.1 Å². The topological polar surface area (TPSA) is 96.0 Å². The maximum atomic E-state index is 11.9. The largest absolute Gasteiger partial charge is 0.323 e. The van der Waals surface area contributed by atoms with Gasteiger partial charge in [0.2, 0.25) is 0 Å². The third-order valence-corrected chi connectivity index (χ3v) is 5.35. The smallest absolute Gasteiger partial charge is 0.322 e. The summed E-state index contributed by atoms with van der Waals surface area (Å²) < 4.78 is 8.60. The van der Waals surface area contributed by atoms with E-state index in [4.69, 9.17) is 0 Å². The van der Waals surface area contributed by atoms with E-state index in [9.17, 15) is 9.59 Å². The van der Waals surface area contributed by atoms with E-state index < -0.39 is 5.54 Å². The zero-order valence-electron chi connectivity index (χ0n) is 12.5. The Kier molecular flexibility index (Phi) is 3.50. The van der Waals surface area contributed by atoms with Gasteiger partial charge in [0.05, 0.1) is 11.7 Å². The van der Waals surface area contributed by atoms with Crippen LogP contribution in [0.4, 0.5) is 4.79 Å². The third-order valence-electron chi connectivity index (χ3n) is 4.80. The highest BCUT2D eigenvalue weighted by molar-refractivity contribution is 7.00. The first-order valence-corrected chi connectivity index (χ1v) is 8.46. The van der Waals surface area contributed by atoms with E-state index in [1.165, 1.54) is 11.7 Å². The fraction of sp³-hybridized carbons (Fsp3) is 0.467. The Hall–Kier alpha value is -2.06. The van der Waals surface area contributed by atoms with Crippen molar-refractivity contribution in [3.8, 4) is 0 Å². The molecule has 0 radical (unpaired) electrons. The van der Waals surface area contributed by atoms with Gasteiger partial charge in [0.25, 0.3) is 5.91 Å². The van der Waals surface area contributed by atoms with Crippen LogP contribution in [0.25, 0.3) is 11.0 Å². The number of hydrogen-bond donors (Lipinski definition) is 3. The van der Waals surface area contributed by atoms with Gasteiger partial charge < -0.3 is 10.6 Å². The zero-order valence-corrected chi connectivity index (χ0v) is 13.3. The van der Waals surface area contributed by atoms with Gasteiger partial charge in [0.1, 0.15) is 16.6 Å². The number of imide groups is 1. The molecule has 2 heterocycles. The van der Waals surface area contributed by atoms with Crippen LogP contribution in [0.3, 0.4) is 0 Å². The molecule has 1 spiro atoms. The summed E-state index contributed by atoms with van der Waals surface area (Å²) in [6.07, 6.45) is 3.06. The minimum Gasteiger partial charge on any atom is -0.323 e. The molecule has 1 aliphatic heterocycles. The SMILES string of the molecule is O=C1NC(=O)C2(CCC(NCc3cccc4nsnc34)CC2)N1. The fourth-order valence-electron chi connectivity index (χ4n) is 3.45. The minimum atomic E-state index is -0.686. The number of benzene rings is 1. The van der Waals surface area contributed by atoms with E-state index in [1.54, 1.807) is 0 Å². The lowest BCUT2D eigenvalue weighted by molar-refractivity contribution is -0.125. The van der Waals surface area contributed by atoms with Crippen molar-refractivity contribution in [1.82, 2.24) is 24.7 Å². The number of carbonyl (C=O) groups is 2. The Morgan fingerprint density at radius 1 is 1.26 bits per heavy atom. The number of urea groups is 1. The number of nitrogens with zero attached hydrogens (tertiary/aromatic N) is 2. The normalized spacial score (nSPS) is 27.4. The van der Waals surface area contributed by atoms with Gasteiger partial charge >= 0.3 is 6.03 Å². The summed E-state index contributed by atoms with van der Waals surface area (Å²) in [6.45, 7) is 0.735. The maximum Gasteiger partial charge on any atom is 0.322 e. The van der Waals surface area contributed by atoms with Gasteiger partial charge in [-0.25, -0.2) is 4.79 Å². The van der Waals surface area contributed by atoms with Crippen LogP contribution in [0.1, 0.15) is 31.2 Å². The second-order valence-corrected chi connectivity index (χ2v) is 6.72. The number of fused-ring (bicyclic) bond motifs is 1. The molecule has 2 aliphatic rings. The molecule has 120 valence electrons. The van der Waals surface area contributed by atoms with E-state index in [-0.39, 0.29) is 11.9 Å². The number of rotatable bonds is 3. The molecule has 0 bridgehead atoms. The van der Waals surface area contributed by atoms with Crippen molar-refractivity contribution < 1.29 is 9.59 Å². The Bertz CT molecular complexity index is 766. The Morgan fingerprint density at radius 3 is 2.83 bits per heavy atom. The highest BCUT2D eigenvalue weighted by Gasteiger charge is 2.47. The second kappa shape index (κ2) is 5.54. The lowest BCUT2D eigenvalue weighted by Crippen LogP contribution is -2.52. The van der Waals surface area contributed by atoms with Crippen LogP contribution in [-0.4, -0.2) is 32.3 Å². The molecule has 8 heteroatoms. The van der Waals surface area contributed by atoms with E-state index in [0.717, 1.165) is 36.0 Å². The third kappa shape index (κ3) is 2.57. The van der Waals surface area contributed by atoms with Crippen molar-refractivity contribution in [3.63, 3.8) is 0 Å². The van der Waals surface area contributed by atoms with Crippen LogP contribution in [0, 0.1) is 0 Å². The Morgan fingerprint density at radius 2 is 2.09 bits per heavy atom. The minimum absolute atomic E-state index is 0.181. The van der Waals surface area contributed by atoms with Gasteiger partial charge in [0, 0.05) is 12.6 Å². The molecule has 1 saturated carbocycles. The molecule has 3 amide bonds. The summed E-state index contributed by atoms with van der Waals surface area (Å²) >= 11 is 1.23. The number of amides is 3. The van der Waals surface area contributed by atoms with Gasteiger partial charge in [-0.2, -0.15) is 8.75 Å². The number of hydrogen-bond acceptors (Lipinski definition) is 6. The first-order chi connectivity index (χ1) is 11.2. The predicted molar refractivity (Wildman–Crippen MR) is 85.9 cm³/mol. The van der Waals surface area contributed by atoms with Crippen molar-refractivity contribution in [2.75, 3.05) is 0 Å². The average molecular weight is 331 g/mol. The Balaban J connectivity index is 1.38. The molecular formula is C15H17N5O2S. The van der Waals surface area contributed by atoms with E-state index in [0.29, 0.717) is 18.9 Å². The lowest BCUT2D eigenvalue weighted by Gasteiger charge is -2.35. The molecule has 2 aromatic rings. The molecule has 1 aromatic heterocycles. The summed E-state index contributed by atoms with van der Waals surface area (Å²) in [5, 5.41) is 8.68. The van der Waals surface area contributed by atoms with Gasteiger partial charge in [-0.1, -0.05) is 12.1 Å². The van der Waals surface area contributed by atoms with Gasteiger partial charge in [-0.3, -0.25) is 10.1 Å². The number of aromatic nitrogens is 2. The van der Waals surface area contributed by atoms with E-state index >= 15 is 0 Å². The summed E-state index contributed by atoms with van der Waals surface area (Å²) in [5.74, 6) is -0.181. The van der Waals surface area contributed by atoms with Crippen molar-refractivity contribution in [2.24, 2.45) is 0 Å². The van der Waals surface area contributed by atoms with Crippen LogP contribution in [-0.2, 0) is 11.3 Å². The molecule has 0 unspecified atom stereocenters. The van der Waals surface area contributed by atoms with Gasteiger partial charge in [-0.15, -0.1) is 0 Å².